The summed E-state index contributed by atoms with van der Waals surface area (Å²) in [6.07, 6.45) is 2.36. The van der Waals surface area contributed by atoms with E-state index in [-0.39, 0.29) is 6.10 Å². The summed E-state index contributed by atoms with van der Waals surface area (Å²) >= 11 is 0. The number of aryl methyl sites for hydroxylation is 1. The topological polar surface area (TPSA) is 73.9 Å². The number of aromatic nitrogens is 3. The Morgan fingerprint density at radius 2 is 2.00 bits per heavy atom. The van der Waals surface area contributed by atoms with Gasteiger partial charge >= 0.3 is 0 Å². The summed E-state index contributed by atoms with van der Waals surface area (Å²) in [5.41, 5.74) is 3.28. The standard InChI is InChI=1S/C22H25N3O2/c1-5-22(26,21-24-16-8-6-7-9-17(16)25-21)19-15-10-11-23-20(15)14(4)12-18(19)27-13(2)3/h6-13,23,26H,5H2,1-4H3,(H,24,25). The lowest BCUT2D eigenvalue weighted by Gasteiger charge is -2.29. The average molecular weight is 363 g/mol. The molecule has 2 aromatic heterocycles. The minimum atomic E-state index is -1.29. The summed E-state index contributed by atoms with van der Waals surface area (Å²) in [6.45, 7) is 7.99. The highest BCUT2D eigenvalue weighted by Gasteiger charge is 2.38. The van der Waals surface area contributed by atoms with Gasteiger partial charge in [-0.1, -0.05) is 19.1 Å². The van der Waals surface area contributed by atoms with E-state index >= 15 is 0 Å². The molecule has 27 heavy (non-hydrogen) atoms. The molecule has 0 saturated heterocycles. The van der Waals surface area contributed by atoms with E-state index in [4.69, 9.17) is 9.72 Å². The van der Waals surface area contributed by atoms with E-state index in [0.29, 0.717) is 18.0 Å². The minimum Gasteiger partial charge on any atom is -0.491 e. The van der Waals surface area contributed by atoms with Gasteiger partial charge in [-0.25, -0.2) is 4.98 Å². The molecule has 3 N–H and O–H groups in total. The van der Waals surface area contributed by atoms with Crippen LogP contribution in [0.2, 0.25) is 0 Å². The van der Waals surface area contributed by atoms with Gasteiger partial charge in [0, 0.05) is 22.7 Å². The van der Waals surface area contributed by atoms with Gasteiger partial charge in [0.2, 0.25) is 0 Å². The Bertz CT molecular complexity index is 1080. The molecule has 0 saturated carbocycles. The molecule has 0 aliphatic heterocycles. The monoisotopic (exact) mass is 363 g/mol. The Hall–Kier alpha value is -2.79. The maximum Gasteiger partial charge on any atom is 0.151 e. The van der Waals surface area contributed by atoms with E-state index in [0.717, 1.165) is 33.1 Å². The maximum absolute atomic E-state index is 11.9. The normalized spacial score (nSPS) is 14.1. The summed E-state index contributed by atoms with van der Waals surface area (Å²) in [5, 5.41) is 12.8. The fraction of sp³-hybridized carbons (Fsp3) is 0.318. The highest BCUT2D eigenvalue weighted by atomic mass is 16.5. The predicted octanol–water partition coefficient (Wildman–Crippen LogP) is 4.79. The fourth-order valence-corrected chi connectivity index (χ4v) is 3.76. The molecule has 5 nitrogen and oxygen atoms in total. The number of para-hydroxylation sites is 2. The number of imidazole rings is 1. The highest BCUT2D eigenvalue weighted by Crippen LogP contribution is 2.43. The second-order valence-electron chi connectivity index (χ2n) is 7.32. The highest BCUT2D eigenvalue weighted by molar-refractivity contribution is 5.89. The SMILES string of the molecule is CCC(O)(c1nc2ccccc2[nH]1)c1c(OC(C)C)cc(C)c2[nH]ccc12. The lowest BCUT2D eigenvalue weighted by atomic mass is 9.86. The van der Waals surface area contributed by atoms with Gasteiger partial charge in [-0.15, -0.1) is 0 Å². The van der Waals surface area contributed by atoms with Crippen molar-refractivity contribution in [3.05, 3.63) is 59.5 Å². The zero-order valence-electron chi connectivity index (χ0n) is 16.1. The van der Waals surface area contributed by atoms with Crippen molar-refractivity contribution in [2.75, 3.05) is 0 Å². The van der Waals surface area contributed by atoms with Crippen molar-refractivity contribution in [1.29, 1.82) is 0 Å². The Labute approximate surface area is 158 Å². The summed E-state index contributed by atoms with van der Waals surface area (Å²) in [5.74, 6) is 1.23. The number of aromatic amines is 2. The molecule has 0 radical (unpaired) electrons. The van der Waals surface area contributed by atoms with E-state index in [2.05, 4.69) is 9.97 Å². The van der Waals surface area contributed by atoms with Crippen LogP contribution in [0, 0.1) is 6.92 Å². The number of H-pyrrole nitrogens is 2. The van der Waals surface area contributed by atoms with E-state index in [9.17, 15) is 5.11 Å². The van der Waals surface area contributed by atoms with E-state index < -0.39 is 5.60 Å². The first-order valence-electron chi connectivity index (χ1n) is 9.39. The molecule has 2 heterocycles. The summed E-state index contributed by atoms with van der Waals surface area (Å²) in [6, 6.07) is 11.8. The van der Waals surface area contributed by atoms with Crippen molar-refractivity contribution in [1.82, 2.24) is 15.0 Å². The van der Waals surface area contributed by atoms with Crippen LogP contribution in [0.1, 0.15) is 44.1 Å². The Morgan fingerprint density at radius 3 is 2.70 bits per heavy atom. The van der Waals surface area contributed by atoms with Crippen molar-refractivity contribution in [2.24, 2.45) is 0 Å². The number of rotatable bonds is 5. The number of nitrogens with one attached hydrogen (secondary N) is 2. The second-order valence-corrected chi connectivity index (χ2v) is 7.32. The molecule has 1 atom stereocenters. The van der Waals surface area contributed by atoms with Gasteiger partial charge < -0.3 is 19.8 Å². The van der Waals surface area contributed by atoms with Crippen LogP contribution in [0.4, 0.5) is 0 Å². The van der Waals surface area contributed by atoms with Crippen molar-refractivity contribution in [3.63, 3.8) is 0 Å². The molecular weight excluding hydrogens is 338 g/mol. The van der Waals surface area contributed by atoms with Gasteiger partial charge in [0.1, 0.15) is 11.6 Å². The van der Waals surface area contributed by atoms with Crippen molar-refractivity contribution >= 4 is 21.9 Å². The van der Waals surface area contributed by atoms with E-state index in [1.54, 1.807) is 0 Å². The molecule has 4 rings (SSSR count). The molecule has 0 fully saturated rings. The predicted molar refractivity (Wildman–Crippen MR) is 108 cm³/mol. The molecule has 0 bridgehead atoms. The van der Waals surface area contributed by atoms with Crippen LogP contribution in [-0.4, -0.2) is 26.2 Å². The smallest absolute Gasteiger partial charge is 0.151 e. The lowest BCUT2D eigenvalue weighted by Crippen LogP contribution is -2.29. The lowest BCUT2D eigenvalue weighted by molar-refractivity contribution is 0.0649. The van der Waals surface area contributed by atoms with Crippen LogP contribution in [0.3, 0.4) is 0 Å². The third-order valence-corrected chi connectivity index (χ3v) is 5.07. The van der Waals surface area contributed by atoms with Crippen LogP contribution in [0.5, 0.6) is 5.75 Å². The van der Waals surface area contributed by atoms with Crippen LogP contribution < -0.4 is 4.74 Å². The number of fused-ring (bicyclic) bond motifs is 2. The third-order valence-electron chi connectivity index (χ3n) is 5.07. The van der Waals surface area contributed by atoms with Crippen LogP contribution in [-0.2, 0) is 5.60 Å². The Balaban J connectivity index is 2.02. The maximum atomic E-state index is 11.9. The van der Waals surface area contributed by atoms with Crippen molar-refractivity contribution in [3.8, 4) is 5.75 Å². The van der Waals surface area contributed by atoms with Gasteiger partial charge in [0.15, 0.2) is 5.60 Å². The molecule has 2 aromatic carbocycles. The third kappa shape index (κ3) is 2.79. The Morgan fingerprint density at radius 1 is 1.22 bits per heavy atom. The largest absolute Gasteiger partial charge is 0.491 e. The summed E-state index contributed by atoms with van der Waals surface area (Å²) < 4.78 is 6.13. The van der Waals surface area contributed by atoms with Crippen LogP contribution >= 0.6 is 0 Å². The molecule has 0 aliphatic rings. The zero-order valence-corrected chi connectivity index (χ0v) is 16.1. The average Bonchev–Trinajstić information content (AvgIpc) is 3.28. The zero-order chi connectivity index (χ0) is 19.2. The second kappa shape index (κ2) is 6.43. The molecular formula is C22H25N3O2. The molecule has 0 amide bonds. The van der Waals surface area contributed by atoms with Crippen molar-refractivity contribution < 1.29 is 9.84 Å². The van der Waals surface area contributed by atoms with Crippen molar-refractivity contribution in [2.45, 2.75) is 45.8 Å². The summed E-state index contributed by atoms with van der Waals surface area (Å²) in [4.78, 5) is 11.3. The first-order valence-corrected chi connectivity index (χ1v) is 9.39. The van der Waals surface area contributed by atoms with Gasteiger partial charge in [0.25, 0.3) is 0 Å². The van der Waals surface area contributed by atoms with Gasteiger partial charge in [-0.2, -0.15) is 0 Å². The first kappa shape index (κ1) is 17.6. The Kier molecular flexibility index (Phi) is 4.19. The van der Waals surface area contributed by atoms with Gasteiger partial charge in [0.05, 0.1) is 17.1 Å². The molecule has 0 aliphatic carbocycles. The molecule has 0 spiro atoms. The molecule has 140 valence electrons. The molecule has 5 heteroatoms. The first-order chi connectivity index (χ1) is 12.9. The van der Waals surface area contributed by atoms with Gasteiger partial charge in [-0.05, 0) is 57.0 Å². The van der Waals surface area contributed by atoms with Crippen LogP contribution in [0.25, 0.3) is 21.9 Å². The quantitative estimate of drug-likeness (QED) is 0.477. The number of nitrogens with zero attached hydrogens (tertiary/aromatic N) is 1. The number of hydrogen-bond donors (Lipinski definition) is 3. The minimum absolute atomic E-state index is 0.00341. The summed E-state index contributed by atoms with van der Waals surface area (Å²) in [7, 11) is 0. The molecule has 1 unspecified atom stereocenters. The van der Waals surface area contributed by atoms with E-state index in [1.165, 1.54) is 0 Å². The van der Waals surface area contributed by atoms with Gasteiger partial charge in [-0.3, -0.25) is 0 Å². The number of ether oxygens (including phenoxy) is 1. The fourth-order valence-electron chi connectivity index (χ4n) is 3.76. The van der Waals surface area contributed by atoms with Crippen LogP contribution in [0.15, 0.2) is 42.6 Å². The number of aliphatic hydroxyl groups is 1. The molecule has 4 aromatic rings. The number of hydrogen-bond acceptors (Lipinski definition) is 3. The van der Waals surface area contributed by atoms with E-state index in [1.807, 2.05) is 70.3 Å². The number of benzene rings is 2.